The Balaban J connectivity index is 1.26. The maximum Gasteiger partial charge on any atom is 0.318 e. The fourth-order valence-corrected chi connectivity index (χ4v) is 3.37. The van der Waals surface area contributed by atoms with Gasteiger partial charge in [-0.05, 0) is 31.2 Å². The number of nitrogens with one attached hydrogen (secondary N) is 2. The third kappa shape index (κ3) is 4.37. The predicted octanol–water partition coefficient (Wildman–Crippen LogP) is 2.27. The van der Waals surface area contributed by atoms with Gasteiger partial charge in [-0.1, -0.05) is 18.2 Å². The van der Waals surface area contributed by atoms with Gasteiger partial charge in [0.2, 0.25) is 12.7 Å². The molecule has 4 rings (SSSR count). The average molecular weight is 396 g/mol. The summed E-state index contributed by atoms with van der Waals surface area (Å²) in [5, 5.41) is 5.57. The zero-order valence-electron chi connectivity index (χ0n) is 16.3. The van der Waals surface area contributed by atoms with Gasteiger partial charge < -0.3 is 29.9 Å². The van der Waals surface area contributed by atoms with E-state index in [-0.39, 0.29) is 18.7 Å². The molecular formula is C21H24N4O4. The molecular weight excluding hydrogens is 372 g/mol. The van der Waals surface area contributed by atoms with Crippen molar-refractivity contribution in [2.45, 2.75) is 13.0 Å². The van der Waals surface area contributed by atoms with Gasteiger partial charge in [-0.15, -0.1) is 0 Å². The molecule has 0 radical (unpaired) electrons. The second kappa shape index (κ2) is 8.30. The van der Waals surface area contributed by atoms with Gasteiger partial charge >= 0.3 is 6.03 Å². The van der Waals surface area contributed by atoms with Gasteiger partial charge in [0, 0.05) is 43.6 Å². The summed E-state index contributed by atoms with van der Waals surface area (Å²) in [5.74, 6) is 0.954. The molecule has 2 N–H and O–H groups in total. The van der Waals surface area contributed by atoms with Crippen LogP contribution in [0.2, 0.25) is 0 Å². The molecule has 1 fully saturated rings. The molecule has 2 aliphatic heterocycles. The summed E-state index contributed by atoms with van der Waals surface area (Å²) in [6.07, 6.45) is 0. The molecule has 2 aliphatic rings. The van der Waals surface area contributed by atoms with E-state index in [1.807, 2.05) is 18.2 Å². The number of hydrogen-bond donors (Lipinski definition) is 2. The fraction of sp³-hybridized carbons (Fsp3) is 0.333. The topological polar surface area (TPSA) is 83.1 Å². The number of urea groups is 1. The highest BCUT2D eigenvalue weighted by Crippen LogP contribution is 2.34. The van der Waals surface area contributed by atoms with Crippen LogP contribution in [0.25, 0.3) is 0 Å². The Hall–Kier alpha value is -3.42. The van der Waals surface area contributed by atoms with Gasteiger partial charge in [0.15, 0.2) is 11.5 Å². The first-order chi connectivity index (χ1) is 14.1. The number of hydrogen-bond acceptors (Lipinski definition) is 5. The molecule has 1 atom stereocenters. The van der Waals surface area contributed by atoms with Gasteiger partial charge in [0.25, 0.3) is 0 Å². The molecule has 0 spiro atoms. The molecule has 8 heteroatoms. The van der Waals surface area contributed by atoms with Crippen molar-refractivity contribution in [3.8, 4) is 11.5 Å². The number of benzene rings is 2. The largest absolute Gasteiger partial charge is 0.454 e. The number of amides is 3. The number of para-hydroxylation sites is 1. The Morgan fingerprint density at radius 3 is 2.45 bits per heavy atom. The standard InChI is InChI=1S/C21H24N4O4/c1-15(20(26)23-16-7-8-18-19(13-16)29-14-28-18)22-21(27)25-11-9-24(10-12-25)17-5-3-2-4-6-17/h2-8,13,15H,9-12,14H2,1H3,(H,22,27)(H,23,26)/t15-/m0/s1. The molecule has 1 saturated heterocycles. The highest BCUT2D eigenvalue weighted by molar-refractivity contribution is 5.97. The van der Waals surface area contributed by atoms with Crippen molar-refractivity contribution in [1.29, 1.82) is 0 Å². The lowest BCUT2D eigenvalue weighted by Gasteiger charge is -2.36. The lowest BCUT2D eigenvalue weighted by atomic mass is 10.2. The van der Waals surface area contributed by atoms with Crippen molar-refractivity contribution in [2.75, 3.05) is 43.2 Å². The van der Waals surface area contributed by atoms with Crippen LogP contribution in [0.3, 0.4) is 0 Å². The highest BCUT2D eigenvalue weighted by atomic mass is 16.7. The minimum Gasteiger partial charge on any atom is -0.454 e. The van der Waals surface area contributed by atoms with Crippen LogP contribution in [0.5, 0.6) is 11.5 Å². The summed E-state index contributed by atoms with van der Waals surface area (Å²) >= 11 is 0. The molecule has 29 heavy (non-hydrogen) atoms. The Morgan fingerprint density at radius 2 is 1.69 bits per heavy atom. The Bertz CT molecular complexity index is 882. The lowest BCUT2D eigenvalue weighted by molar-refractivity contribution is -0.117. The number of carbonyl (C=O) groups is 2. The second-order valence-corrected chi connectivity index (χ2v) is 7.04. The third-order valence-corrected chi connectivity index (χ3v) is 5.06. The molecule has 8 nitrogen and oxygen atoms in total. The number of nitrogens with zero attached hydrogens (tertiary/aromatic N) is 2. The zero-order chi connectivity index (χ0) is 20.2. The lowest BCUT2D eigenvalue weighted by Crippen LogP contribution is -2.54. The van der Waals surface area contributed by atoms with Crippen LogP contribution in [-0.2, 0) is 4.79 Å². The number of rotatable bonds is 4. The summed E-state index contributed by atoms with van der Waals surface area (Å²) in [6.45, 7) is 4.58. The number of anilines is 2. The molecule has 2 heterocycles. The van der Waals surface area contributed by atoms with Crippen LogP contribution in [0, 0.1) is 0 Å². The summed E-state index contributed by atoms with van der Waals surface area (Å²) in [5.41, 5.74) is 1.75. The maximum absolute atomic E-state index is 12.5. The van der Waals surface area contributed by atoms with Crippen LogP contribution < -0.4 is 25.0 Å². The van der Waals surface area contributed by atoms with Crippen molar-refractivity contribution >= 4 is 23.3 Å². The van der Waals surface area contributed by atoms with E-state index in [4.69, 9.17) is 9.47 Å². The van der Waals surface area contributed by atoms with E-state index in [0.29, 0.717) is 30.3 Å². The van der Waals surface area contributed by atoms with E-state index in [9.17, 15) is 9.59 Å². The third-order valence-electron chi connectivity index (χ3n) is 5.06. The smallest absolute Gasteiger partial charge is 0.318 e. The number of piperazine rings is 1. The van der Waals surface area contributed by atoms with E-state index in [2.05, 4.69) is 27.7 Å². The Labute approximate surface area is 169 Å². The SMILES string of the molecule is C[C@H](NC(=O)N1CCN(c2ccccc2)CC1)C(=O)Nc1ccc2c(c1)OCO2. The van der Waals surface area contributed by atoms with E-state index >= 15 is 0 Å². The van der Waals surface area contributed by atoms with E-state index < -0.39 is 6.04 Å². The van der Waals surface area contributed by atoms with Crippen LogP contribution in [0.15, 0.2) is 48.5 Å². The molecule has 0 aliphatic carbocycles. The van der Waals surface area contributed by atoms with Crippen molar-refractivity contribution in [3.05, 3.63) is 48.5 Å². The Kier molecular flexibility index (Phi) is 5.41. The quantitative estimate of drug-likeness (QED) is 0.829. The first-order valence-corrected chi connectivity index (χ1v) is 9.66. The first-order valence-electron chi connectivity index (χ1n) is 9.66. The zero-order valence-corrected chi connectivity index (χ0v) is 16.3. The van der Waals surface area contributed by atoms with Crippen molar-refractivity contribution < 1.29 is 19.1 Å². The Morgan fingerprint density at radius 1 is 0.966 bits per heavy atom. The second-order valence-electron chi connectivity index (χ2n) is 7.04. The molecule has 0 aromatic heterocycles. The summed E-state index contributed by atoms with van der Waals surface area (Å²) < 4.78 is 10.6. The minimum absolute atomic E-state index is 0.177. The molecule has 152 valence electrons. The van der Waals surface area contributed by atoms with Gasteiger partial charge in [-0.25, -0.2) is 4.79 Å². The summed E-state index contributed by atoms with van der Waals surface area (Å²) in [4.78, 5) is 29.0. The average Bonchev–Trinajstić information content (AvgIpc) is 3.22. The molecule has 0 bridgehead atoms. The van der Waals surface area contributed by atoms with Crippen molar-refractivity contribution in [2.24, 2.45) is 0 Å². The highest BCUT2D eigenvalue weighted by Gasteiger charge is 2.24. The van der Waals surface area contributed by atoms with Crippen LogP contribution >= 0.6 is 0 Å². The van der Waals surface area contributed by atoms with Gasteiger partial charge in [0.1, 0.15) is 6.04 Å². The monoisotopic (exact) mass is 396 g/mol. The van der Waals surface area contributed by atoms with Gasteiger partial charge in [-0.3, -0.25) is 4.79 Å². The van der Waals surface area contributed by atoms with Gasteiger partial charge in [0.05, 0.1) is 0 Å². The van der Waals surface area contributed by atoms with Crippen LogP contribution in [0.4, 0.5) is 16.2 Å². The maximum atomic E-state index is 12.5. The fourth-order valence-electron chi connectivity index (χ4n) is 3.37. The molecule has 2 aromatic rings. The van der Waals surface area contributed by atoms with E-state index in [0.717, 1.165) is 18.8 Å². The molecule has 2 aromatic carbocycles. The first kappa shape index (κ1) is 18.9. The summed E-state index contributed by atoms with van der Waals surface area (Å²) in [7, 11) is 0. The van der Waals surface area contributed by atoms with Crippen LogP contribution in [-0.4, -0.2) is 55.9 Å². The number of carbonyl (C=O) groups excluding carboxylic acids is 2. The van der Waals surface area contributed by atoms with E-state index in [1.165, 1.54) is 0 Å². The van der Waals surface area contributed by atoms with E-state index in [1.54, 1.807) is 30.0 Å². The van der Waals surface area contributed by atoms with Gasteiger partial charge in [-0.2, -0.15) is 0 Å². The number of ether oxygens (including phenoxy) is 2. The minimum atomic E-state index is -0.667. The summed E-state index contributed by atoms with van der Waals surface area (Å²) in [6, 6.07) is 14.4. The van der Waals surface area contributed by atoms with Crippen LogP contribution in [0.1, 0.15) is 6.92 Å². The number of fused-ring (bicyclic) bond motifs is 1. The molecule has 0 saturated carbocycles. The van der Waals surface area contributed by atoms with Crippen molar-refractivity contribution in [1.82, 2.24) is 10.2 Å². The molecule has 0 unspecified atom stereocenters. The normalized spacial score (nSPS) is 16.3. The molecule has 3 amide bonds. The van der Waals surface area contributed by atoms with Crippen molar-refractivity contribution in [3.63, 3.8) is 0 Å². The predicted molar refractivity (Wildman–Crippen MR) is 109 cm³/mol.